The lowest BCUT2D eigenvalue weighted by molar-refractivity contribution is 0.0387. The Balaban J connectivity index is 2.82. The van der Waals surface area contributed by atoms with E-state index in [2.05, 4.69) is 9.85 Å². The number of carbonyl (C=O) groups is 1. The van der Waals surface area contributed by atoms with Crippen LogP contribution in [0.3, 0.4) is 0 Å². The number of hydrogen-bond acceptors (Lipinski definition) is 4. The van der Waals surface area contributed by atoms with Gasteiger partial charge >= 0.3 is 6.09 Å². The largest absolute Gasteiger partial charge is 0.436 e. The molecule has 0 aliphatic rings. The lowest BCUT2D eigenvalue weighted by Crippen LogP contribution is -2.43. The minimum Gasteiger partial charge on any atom is -0.436 e. The van der Waals surface area contributed by atoms with E-state index in [1.807, 2.05) is 35.6 Å². The van der Waals surface area contributed by atoms with Crippen molar-refractivity contribution in [1.29, 1.82) is 0 Å². The highest BCUT2D eigenvalue weighted by Gasteiger charge is 2.24. The fourth-order valence-corrected chi connectivity index (χ4v) is 1.64. The molecule has 0 aliphatic carbocycles. The molecule has 1 aromatic carbocycles. The fourth-order valence-electron chi connectivity index (χ4n) is 1.48. The first-order chi connectivity index (χ1) is 9.70. The maximum Gasteiger partial charge on any atom is 0.417 e. The molecule has 1 aromatic rings. The van der Waals surface area contributed by atoms with E-state index in [9.17, 15) is 9.90 Å². The van der Waals surface area contributed by atoms with Gasteiger partial charge in [0.2, 0.25) is 0 Å². The maximum absolute atomic E-state index is 12.0. The summed E-state index contributed by atoms with van der Waals surface area (Å²) in [7, 11) is 0. The molecule has 0 spiro atoms. The van der Waals surface area contributed by atoms with Crippen LogP contribution in [0.1, 0.15) is 6.92 Å². The van der Waals surface area contributed by atoms with Crippen molar-refractivity contribution in [3.8, 4) is 9.85 Å². The van der Waals surface area contributed by atoms with Gasteiger partial charge in [0, 0.05) is 34.9 Å². The number of aliphatic hydroxyl groups is 1. The van der Waals surface area contributed by atoms with E-state index < -0.39 is 12.3 Å². The third-order valence-corrected chi connectivity index (χ3v) is 2.72. The number of anilines is 1. The highest BCUT2D eigenvalue weighted by atomic mass is 127. The summed E-state index contributed by atoms with van der Waals surface area (Å²) in [6.45, 7) is 2.26. The number of hydrogen-bond donors (Lipinski definition) is 1. The van der Waals surface area contributed by atoms with Crippen molar-refractivity contribution >= 4 is 34.4 Å². The third-order valence-electron chi connectivity index (χ3n) is 2.33. The second-order valence-corrected chi connectivity index (χ2v) is 4.21. The number of aliphatic hydroxyl groups excluding tert-OH is 1. The van der Waals surface area contributed by atoms with E-state index in [4.69, 9.17) is 9.47 Å². The number of carbonyl (C=O) groups excluding carboxylic acids is 1. The summed E-state index contributed by atoms with van der Waals surface area (Å²) < 4.78 is 12.7. The van der Waals surface area contributed by atoms with E-state index in [0.717, 1.165) is 4.90 Å². The zero-order chi connectivity index (χ0) is 14.8. The number of benzene rings is 1. The molecule has 1 N–H and O–H groups in total. The molecule has 0 heterocycles. The Labute approximate surface area is 132 Å². The van der Waals surface area contributed by atoms with Crippen LogP contribution in [0.15, 0.2) is 30.3 Å². The summed E-state index contributed by atoms with van der Waals surface area (Å²) >= 11 is 1.86. The van der Waals surface area contributed by atoms with Gasteiger partial charge in [0.15, 0.2) is 12.8 Å². The zero-order valence-corrected chi connectivity index (χ0v) is 13.2. The Morgan fingerprint density at radius 3 is 2.75 bits per heavy atom. The van der Waals surface area contributed by atoms with Gasteiger partial charge in [-0.2, -0.15) is 0 Å². The van der Waals surface area contributed by atoms with Crippen LogP contribution in [-0.2, 0) is 9.47 Å². The minimum atomic E-state index is -1.11. The number of ether oxygens (including phenoxy) is 2. The first-order valence-electron chi connectivity index (χ1n) is 6.06. The van der Waals surface area contributed by atoms with Gasteiger partial charge in [-0.25, -0.2) is 9.69 Å². The molecule has 1 unspecified atom stereocenters. The van der Waals surface area contributed by atoms with E-state index in [1.165, 1.54) is 0 Å². The van der Waals surface area contributed by atoms with Crippen molar-refractivity contribution in [2.75, 3.05) is 24.7 Å². The molecule has 20 heavy (non-hydrogen) atoms. The van der Waals surface area contributed by atoms with Crippen LogP contribution in [0, 0.1) is 9.85 Å². The molecule has 0 aromatic heterocycles. The summed E-state index contributed by atoms with van der Waals surface area (Å²) in [6, 6.07) is 8.78. The minimum absolute atomic E-state index is 0.0124. The molecule has 1 atom stereocenters. The molecule has 0 saturated carbocycles. The second kappa shape index (κ2) is 9.58. The molecule has 0 bridgehead atoms. The molecule has 1 amide bonds. The summed E-state index contributed by atoms with van der Waals surface area (Å²) in [6.07, 6.45) is -1.78. The number of nitrogens with zero attached hydrogens (tertiary/aromatic N) is 1. The Bertz CT molecular complexity index is 469. The lowest BCUT2D eigenvalue weighted by Gasteiger charge is -2.26. The Morgan fingerprint density at radius 1 is 1.45 bits per heavy atom. The molecule has 0 aliphatic heterocycles. The van der Waals surface area contributed by atoms with Crippen molar-refractivity contribution in [2.24, 2.45) is 0 Å². The SMILES string of the molecule is CCOCC(O)N(C(=O)OCC#CI)c1ccccc1. The Hall–Kier alpha value is -1.30. The van der Waals surface area contributed by atoms with Crippen molar-refractivity contribution in [3.05, 3.63) is 30.3 Å². The third kappa shape index (κ3) is 5.36. The van der Waals surface area contributed by atoms with Gasteiger partial charge in [-0.15, -0.1) is 0 Å². The summed E-state index contributed by atoms with van der Waals surface area (Å²) in [5.74, 6) is 2.62. The molecule has 1 rings (SSSR count). The van der Waals surface area contributed by atoms with Gasteiger partial charge in [-0.05, 0) is 23.0 Å². The standard InChI is InChI=1S/C14H16INO4/c1-2-19-11-13(17)16(12-7-4-3-5-8-12)14(18)20-10-6-9-15/h3-5,7-8,13,17H,2,10-11H2,1H3. The molecule has 0 fully saturated rings. The summed E-state index contributed by atoms with van der Waals surface area (Å²) in [5, 5.41) is 10.1. The molecule has 0 saturated heterocycles. The number of rotatable bonds is 6. The normalized spacial score (nSPS) is 11.2. The molecule has 108 valence electrons. The lowest BCUT2D eigenvalue weighted by atomic mass is 10.3. The van der Waals surface area contributed by atoms with Crippen LogP contribution >= 0.6 is 22.6 Å². The van der Waals surface area contributed by atoms with Crippen molar-refractivity contribution in [1.82, 2.24) is 0 Å². The van der Waals surface area contributed by atoms with Crippen LogP contribution < -0.4 is 4.90 Å². The van der Waals surface area contributed by atoms with Crippen LogP contribution in [0.2, 0.25) is 0 Å². The van der Waals surface area contributed by atoms with Crippen LogP contribution in [-0.4, -0.2) is 37.2 Å². The van der Waals surface area contributed by atoms with Crippen molar-refractivity contribution < 1.29 is 19.4 Å². The number of halogens is 1. The summed E-state index contributed by atoms with van der Waals surface area (Å²) in [4.78, 5) is 13.2. The first kappa shape index (κ1) is 16.8. The van der Waals surface area contributed by atoms with E-state index in [1.54, 1.807) is 24.3 Å². The van der Waals surface area contributed by atoms with Crippen LogP contribution in [0.4, 0.5) is 10.5 Å². The van der Waals surface area contributed by atoms with E-state index >= 15 is 0 Å². The second-order valence-electron chi connectivity index (χ2n) is 3.67. The fraction of sp³-hybridized carbons (Fsp3) is 0.357. The molecular formula is C14H16INO4. The number of amides is 1. The molecular weight excluding hydrogens is 373 g/mol. The number of para-hydroxylation sites is 1. The van der Waals surface area contributed by atoms with E-state index in [-0.39, 0.29) is 13.2 Å². The Morgan fingerprint density at radius 2 is 2.15 bits per heavy atom. The van der Waals surface area contributed by atoms with Gasteiger partial charge in [-0.3, -0.25) is 0 Å². The average molecular weight is 389 g/mol. The molecule has 6 heteroatoms. The smallest absolute Gasteiger partial charge is 0.417 e. The first-order valence-corrected chi connectivity index (χ1v) is 7.14. The predicted octanol–water partition coefficient (Wildman–Crippen LogP) is 2.38. The highest BCUT2D eigenvalue weighted by Crippen LogP contribution is 2.17. The van der Waals surface area contributed by atoms with E-state index in [0.29, 0.717) is 12.3 Å². The average Bonchev–Trinajstić information content (AvgIpc) is 2.47. The van der Waals surface area contributed by atoms with Gasteiger partial charge in [0.05, 0.1) is 6.61 Å². The predicted molar refractivity (Wildman–Crippen MR) is 84.6 cm³/mol. The Kier molecular flexibility index (Phi) is 8.02. The van der Waals surface area contributed by atoms with Gasteiger partial charge in [-0.1, -0.05) is 24.1 Å². The highest BCUT2D eigenvalue weighted by molar-refractivity contribution is 14.1. The van der Waals surface area contributed by atoms with Gasteiger partial charge in [0.25, 0.3) is 0 Å². The monoisotopic (exact) mass is 389 g/mol. The van der Waals surface area contributed by atoms with Gasteiger partial charge in [0.1, 0.15) is 0 Å². The topological polar surface area (TPSA) is 59.0 Å². The molecule has 5 nitrogen and oxygen atoms in total. The maximum atomic E-state index is 12.0. The quantitative estimate of drug-likeness (QED) is 0.461. The zero-order valence-electron chi connectivity index (χ0n) is 11.1. The summed E-state index contributed by atoms with van der Waals surface area (Å²) in [5.41, 5.74) is 0.534. The van der Waals surface area contributed by atoms with Gasteiger partial charge < -0.3 is 14.6 Å². The van der Waals surface area contributed by atoms with Crippen molar-refractivity contribution in [2.45, 2.75) is 13.2 Å². The molecule has 0 radical (unpaired) electrons. The van der Waals surface area contributed by atoms with Crippen LogP contribution in [0.5, 0.6) is 0 Å². The van der Waals surface area contributed by atoms with Crippen LogP contribution in [0.25, 0.3) is 0 Å². The van der Waals surface area contributed by atoms with Crippen molar-refractivity contribution in [3.63, 3.8) is 0 Å².